The minimum atomic E-state index is -0.664. The number of hydrogen-bond donors (Lipinski definition) is 3. The second-order valence-electron chi connectivity index (χ2n) is 21.4. The van der Waals surface area contributed by atoms with E-state index in [0.717, 1.165) is 44.9 Å². The molecule has 2 unspecified atom stereocenters. The molecule has 2 atom stereocenters. The van der Waals surface area contributed by atoms with E-state index in [9.17, 15) is 19.8 Å². The fraction of sp³-hybridized carbons (Fsp3) is 0.905. The summed E-state index contributed by atoms with van der Waals surface area (Å²) in [5, 5.41) is 23.2. The first kappa shape index (κ1) is 67.3. The topological polar surface area (TPSA) is 95.9 Å². The van der Waals surface area contributed by atoms with Crippen molar-refractivity contribution in [1.82, 2.24) is 5.32 Å². The van der Waals surface area contributed by atoms with Crippen molar-refractivity contribution in [2.75, 3.05) is 13.2 Å². The van der Waals surface area contributed by atoms with Gasteiger partial charge in [0.15, 0.2) is 0 Å². The minimum absolute atomic E-state index is 0.00597. The third kappa shape index (κ3) is 55.5. The summed E-state index contributed by atoms with van der Waals surface area (Å²) in [5.74, 6) is -0.0303. The molecule has 0 aromatic heterocycles. The van der Waals surface area contributed by atoms with Gasteiger partial charge in [0, 0.05) is 12.8 Å². The number of aliphatic hydroxyl groups is 2. The van der Waals surface area contributed by atoms with Crippen molar-refractivity contribution in [3.05, 3.63) is 24.3 Å². The highest BCUT2D eigenvalue weighted by Gasteiger charge is 2.20. The molecule has 0 rings (SSSR count). The van der Waals surface area contributed by atoms with Crippen LogP contribution in [0.2, 0.25) is 0 Å². The molecule has 0 saturated heterocycles. The molecule has 0 aliphatic heterocycles. The maximum atomic E-state index is 12.5. The van der Waals surface area contributed by atoms with Crippen LogP contribution in [0.15, 0.2) is 24.3 Å². The quantitative estimate of drug-likeness (QED) is 0.0321. The molecular weight excluding hydrogens is 851 g/mol. The Morgan fingerprint density at radius 3 is 1.03 bits per heavy atom. The first-order valence-electron chi connectivity index (χ1n) is 31.1. The number of esters is 1. The van der Waals surface area contributed by atoms with Gasteiger partial charge in [-0.15, -0.1) is 0 Å². The normalized spacial score (nSPS) is 12.7. The molecule has 6 heteroatoms. The van der Waals surface area contributed by atoms with Gasteiger partial charge >= 0.3 is 5.97 Å². The monoisotopic (exact) mass is 972 g/mol. The molecule has 0 fully saturated rings. The molecule has 0 radical (unpaired) electrons. The fourth-order valence-corrected chi connectivity index (χ4v) is 9.69. The van der Waals surface area contributed by atoms with Crippen LogP contribution in [0.25, 0.3) is 0 Å². The van der Waals surface area contributed by atoms with Gasteiger partial charge in [-0.25, -0.2) is 0 Å². The Morgan fingerprint density at radius 2 is 0.681 bits per heavy atom. The predicted octanol–water partition coefficient (Wildman–Crippen LogP) is 19.4. The van der Waals surface area contributed by atoms with Gasteiger partial charge in [-0.1, -0.05) is 276 Å². The summed E-state index contributed by atoms with van der Waals surface area (Å²) >= 11 is 0. The summed E-state index contributed by atoms with van der Waals surface area (Å²) in [7, 11) is 0. The second-order valence-corrected chi connectivity index (χ2v) is 21.4. The number of hydrogen-bond acceptors (Lipinski definition) is 5. The number of unbranched alkanes of at least 4 members (excludes halogenated alkanes) is 43. The van der Waals surface area contributed by atoms with Gasteiger partial charge in [0.25, 0.3) is 0 Å². The Labute approximate surface area is 431 Å². The molecule has 1 amide bonds. The predicted molar refractivity (Wildman–Crippen MR) is 301 cm³/mol. The molecule has 0 bridgehead atoms. The summed E-state index contributed by atoms with van der Waals surface area (Å²) in [5.41, 5.74) is 0. The summed E-state index contributed by atoms with van der Waals surface area (Å²) in [4.78, 5) is 24.5. The molecule has 0 aromatic carbocycles. The number of rotatable bonds is 58. The van der Waals surface area contributed by atoms with Gasteiger partial charge in [-0.2, -0.15) is 0 Å². The van der Waals surface area contributed by atoms with Crippen LogP contribution in [0, 0.1) is 0 Å². The molecule has 6 nitrogen and oxygen atoms in total. The number of allylic oxidation sites excluding steroid dienone is 4. The number of carbonyl (C=O) groups excluding carboxylic acids is 2. The van der Waals surface area contributed by atoms with E-state index < -0.39 is 12.1 Å². The second kappa shape index (κ2) is 58.9. The van der Waals surface area contributed by atoms with E-state index in [1.165, 1.54) is 263 Å². The molecule has 0 spiro atoms. The number of nitrogens with one attached hydrogen (secondary N) is 1. The Hall–Kier alpha value is -1.66. The van der Waals surface area contributed by atoms with Crippen molar-refractivity contribution in [1.29, 1.82) is 0 Å². The van der Waals surface area contributed by atoms with Crippen LogP contribution < -0.4 is 5.32 Å². The van der Waals surface area contributed by atoms with Crippen LogP contribution in [-0.4, -0.2) is 47.4 Å². The average molecular weight is 973 g/mol. The lowest BCUT2D eigenvalue weighted by Crippen LogP contribution is -2.45. The minimum Gasteiger partial charge on any atom is -0.466 e. The van der Waals surface area contributed by atoms with Crippen molar-refractivity contribution >= 4 is 11.9 Å². The summed E-state index contributed by atoms with van der Waals surface area (Å²) in [6.07, 6.45) is 71.9. The molecular formula is C63H121NO5. The van der Waals surface area contributed by atoms with Crippen LogP contribution in [0.5, 0.6) is 0 Å². The van der Waals surface area contributed by atoms with Crippen molar-refractivity contribution in [2.45, 2.75) is 353 Å². The summed E-state index contributed by atoms with van der Waals surface area (Å²) in [6.45, 7) is 4.95. The molecule has 3 N–H and O–H groups in total. The Balaban J connectivity index is 3.37. The van der Waals surface area contributed by atoms with Gasteiger partial charge < -0.3 is 20.3 Å². The zero-order valence-corrected chi connectivity index (χ0v) is 46.6. The first-order valence-corrected chi connectivity index (χ1v) is 31.1. The number of amides is 1. The van der Waals surface area contributed by atoms with E-state index in [-0.39, 0.29) is 18.5 Å². The maximum Gasteiger partial charge on any atom is 0.305 e. The molecule has 0 aromatic rings. The molecule has 408 valence electrons. The summed E-state index contributed by atoms with van der Waals surface area (Å²) in [6, 6.07) is -0.541. The number of aliphatic hydroxyl groups excluding tert-OH is 2. The smallest absolute Gasteiger partial charge is 0.305 e. The highest BCUT2D eigenvalue weighted by atomic mass is 16.5. The molecule has 0 aliphatic rings. The molecule has 0 aliphatic carbocycles. The van der Waals surface area contributed by atoms with Gasteiger partial charge in [-0.05, 0) is 77.0 Å². The Bertz CT molecular complexity index is 1080. The van der Waals surface area contributed by atoms with Crippen molar-refractivity contribution < 1.29 is 24.5 Å². The largest absolute Gasteiger partial charge is 0.466 e. The van der Waals surface area contributed by atoms with Crippen LogP contribution in [-0.2, 0) is 14.3 Å². The SMILES string of the molecule is CCCCCCC/C=C\CCCCCCCC(=O)OCCCCCCCCCCCCCC/C=C\CCCCCCCCCCCCC(=O)NC(CO)C(O)CCCCCCCCCCCCCC. The van der Waals surface area contributed by atoms with Crippen molar-refractivity contribution in [3.63, 3.8) is 0 Å². The van der Waals surface area contributed by atoms with Crippen LogP contribution in [0.3, 0.4) is 0 Å². The van der Waals surface area contributed by atoms with Gasteiger partial charge in [0.2, 0.25) is 5.91 Å². The zero-order valence-electron chi connectivity index (χ0n) is 46.6. The number of ether oxygens (including phenoxy) is 1. The van der Waals surface area contributed by atoms with E-state index >= 15 is 0 Å². The van der Waals surface area contributed by atoms with E-state index in [4.69, 9.17) is 4.74 Å². The van der Waals surface area contributed by atoms with Gasteiger partial charge in [-0.3, -0.25) is 9.59 Å². The van der Waals surface area contributed by atoms with Gasteiger partial charge in [0.1, 0.15) is 0 Å². The molecule has 0 heterocycles. The standard InChI is InChI=1S/C63H121NO5/c1-3-5-7-9-11-13-15-17-33-37-41-45-49-53-57-63(68)69-58-54-50-46-42-38-34-31-29-27-25-23-21-19-18-20-22-24-26-28-30-32-36-40-44-48-52-56-62(67)64-60(59-65)61(66)55-51-47-43-39-35-16-14-12-10-8-6-4-2/h15,17-18,20,60-61,65-66H,3-14,16,19,21-59H2,1-2H3,(H,64,67)/b17-15-,20-18-. The lowest BCUT2D eigenvalue weighted by Gasteiger charge is -2.22. The zero-order chi connectivity index (χ0) is 50.0. The number of carbonyl (C=O) groups is 2. The summed E-state index contributed by atoms with van der Waals surface area (Å²) < 4.78 is 5.48. The third-order valence-electron chi connectivity index (χ3n) is 14.5. The van der Waals surface area contributed by atoms with E-state index in [2.05, 4.69) is 43.5 Å². The fourth-order valence-electron chi connectivity index (χ4n) is 9.69. The van der Waals surface area contributed by atoms with Crippen LogP contribution in [0.4, 0.5) is 0 Å². The average Bonchev–Trinajstić information content (AvgIpc) is 3.35. The Morgan fingerprint density at radius 1 is 0.391 bits per heavy atom. The van der Waals surface area contributed by atoms with Gasteiger partial charge in [0.05, 0.1) is 25.4 Å². The van der Waals surface area contributed by atoms with E-state index in [1.54, 1.807) is 0 Å². The Kier molecular flexibility index (Phi) is 57.5. The molecule has 0 saturated carbocycles. The van der Waals surface area contributed by atoms with Crippen LogP contribution in [0.1, 0.15) is 341 Å². The highest BCUT2D eigenvalue weighted by Crippen LogP contribution is 2.17. The van der Waals surface area contributed by atoms with E-state index in [1.807, 2.05) is 0 Å². The molecule has 69 heavy (non-hydrogen) atoms. The lowest BCUT2D eigenvalue weighted by atomic mass is 10.0. The third-order valence-corrected chi connectivity index (χ3v) is 14.5. The maximum absolute atomic E-state index is 12.5. The van der Waals surface area contributed by atoms with Crippen LogP contribution >= 0.6 is 0 Å². The first-order chi connectivity index (χ1) is 34.0. The lowest BCUT2D eigenvalue weighted by molar-refractivity contribution is -0.143. The van der Waals surface area contributed by atoms with Crippen molar-refractivity contribution in [3.8, 4) is 0 Å². The van der Waals surface area contributed by atoms with E-state index in [0.29, 0.717) is 25.9 Å². The van der Waals surface area contributed by atoms with Crippen molar-refractivity contribution in [2.24, 2.45) is 0 Å². The highest BCUT2D eigenvalue weighted by molar-refractivity contribution is 5.76.